The maximum Gasteiger partial charge on any atom is 0.303 e. The normalized spacial score (nSPS) is 21.4. The minimum atomic E-state index is -1.55. The second kappa shape index (κ2) is 38.9. The smallest absolute Gasteiger partial charge is 0.303 e. The molecule has 28 nitrogen and oxygen atoms in total. The third-order valence-electron chi connectivity index (χ3n) is 16.4. The highest BCUT2D eigenvalue weighted by Crippen LogP contribution is 2.35. The summed E-state index contributed by atoms with van der Waals surface area (Å²) in [5, 5.41) is 118. The van der Waals surface area contributed by atoms with Crippen molar-refractivity contribution in [1.29, 1.82) is 0 Å². The topological polar surface area (TPSA) is 459 Å². The number of nitrogens with two attached hydrogens (primary N) is 2. The summed E-state index contributed by atoms with van der Waals surface area (Å²) in [6.45, 7) is 21.6. The second-order valence-corrected chi connectivity index (χ2v) is 26.0. The number of benzene rings is 2. The fourth-order valence-electron chi connectivity index (χ4n) is 10.1. The standard InChI is InChI=1S/2C28H44N4O8.C10H18O4/c2*1-15(2)21-19(25(32-31-21)40-26-24(36)23(35)22(34)20(13-33)39-26)12-17-7-8-18(11-16(17)3)38-10-6-9-30-14-28(4,5)27(29)37;11-9(12)7-5-3-1-2-4-6-8-10(13)14/h2*7-8,11,15,20,22-24,26,30,33-36H,6,9-10,12-14H2,1-5H3,(H2,29,37)(H,31,32);1-8H2,(H,11,12)(H,13,14)/t2*20-,22-,23+,24-,26+;/m11./s1. The number of carboxylic acid groups (broad SMARTS) is 2. The Morgan fingerprint density at radius 1 is 0.553 bits per heavy atom. The number of nitrogens with one attached hydrogen (secondary N) is 4. The van der Waals surface area contributed by atoms with Crippen LogP contribution in [0, 0.1) is 24.7 Å². The van der Waals surface area contributed by atoms with E-state index in [1.807, 2.05) is 77.9 Å². The third kappa shape index (κ3) is 24.9. The largest absolute Gasteiger partial charge is 0.494 e. The van der Waals surface area contributed by atoms with Crippen molar-refractivity contribution in [2.24, 2.45) is 22.3 Å². The SMILES string of the molecule is Cc1cc(OCCCNCC(C)(C)C(N)=O)ccc1Cc1c(O[C@@H]2O[C@H](CO)[C@@H](O)[C@H](O)[C@H]2O)n[nH]c1C(C)C.Cc1cc(OCCCNCC(C)(C)C(N)=O)ccc1Cc1c(O[C@@H]2O[C@H](CO)[C@@H](O)[C@H](O)[C@H]2O)n[nH]c1C(C)C.O=C(O)CCCCCCCCC(=O)O. The molecule has 10 atom stereocenters. The van der Waals surface area contributed by atoms with Crippen molar-refractivity contribution in [3.05, 3.63) is 81.2 Å². The van der Waals surface area contributed by atoms with Crippen molar-refractivity contribution < 1.29 is 98.7 Å². The predicted octanol–water partition coefficient (Wildman–Crippen LogP) is 3.24. The lowest BCUT2D eigenvalue weighted by Crippen LogP contribution is -2.60. The number of aromatic nitrogens is 4. The number of ether oxygens (including phenoxy) is 6. The van der Waals surface area contributed by atoms with E-state index < -0.39 is 97.4 Å². The Balaban J connectivity index is 0.000000333. The maximum absolute atomic E-state index is 11.4. The summed E-state index contributed by atoms with van der Waals surface area (Å²) in [5.41, 5.74) is 16.9. The van der Waals surface area contributed by atoms with Crippen LogP contribution in [0.4, 0.5) is 0 Å². The van der Waals surface area contributed by atoms with Crippen LogP contribution < -0.4 is 41.0 Å². The van der Waals surface area contributed by atoms with Crippen molar-refractivity contribution in [3.8, 4) is 23.3 Å². The molecule has 6 rings (SSSR count). The number of hydrogen-bond acceptors (Lipinski definition) is 22. The third-order valence-corrected chi connectivity index (χ3v) is 16.4. The molecule has 2 aromatic carbocycles. The Morgan fingerprint density at radius 2 is 0.904 bits per heavy atom. The molecule has 94 heavy (non-hydrogen) atoms. The first-order valence-electron chi connectivity index (χ1n) is 32.3. The molecule has 0 bridgehead atoms. The van der Waals surface area contributed by atoms with E-state index in [1.54, 1.807) is 27.7 Å². The van der Waals surface area contributed by atoms with Crippen molar-refractivity contribution >= 4 is 23.8 Å². The fourth-order valence-corrected chi connectivity index (χ4v) is 10.1. The van der Waals surface area contributed by atoms with E-state index in [0.29, 0.717) is 52.2 Å². The summed E-state index contributed by atoms with van der Waals surface area (Å²) in [4.78, 5) is 43.1. The number of carbonyl (C=O) groups excluding carboxylic acids is 2. The van der Waals surface area contributed by atoms with Crippen molar-refractivity contribution in [2.45, 2.75) is 220 Å². The number of hydrogen-bond donors (Lipinski definition) is 16. The molecule has 2 amide bonds. The molecule has 28 heteroatoms. The van der Waals surface area contributed by atoms with Crippen molar-refractivity contribution in [2.75, 3.05) is 52.6 Å². The minimum Gasteiger partial charge on any atom is -0.494 e. The van der Waals surface area contributed by atoms with Crippen LogP contribution in [0.5, 0.6) is 23.3 Å². The highest BCUT2D eigenvalue weighted by molar-refractivity contribution is 5.80. The van der Waals surface area contributed by atoms with Gasteiger partial charge in [-0.05, 0) is 139 Å². The number of aliphatic hydroxyl groups excluding tert-OH is 8. The fraction of sp³-hybridized carbons (Fsp3) is 0.667. The van der Waals surface area contributed by atoms with Crippen LogP contribution in [0.1, 0.15) is 176 Å². The molecule has 0 aliphatic carbocycles. The van der Waals surface area contributed by atoms with Gasteiger partial charge >= 0.3 is 11.9 Å². The number of amides is 2. The molecular formula is C66H106N8O20. The molecule has 2 aliphatic heterocycles. The van der Waals surface area contributed by atoms with Gasteiger partial charge in [0.1, 0.15) is 60.3 Å². The lowest BCUT2D eigenvalue weighted by Gasteiger charge is -2.39. The van der Waals surface area contributed by atoms with Gasteiger partial charge in [0.05, 0.1) is 37.3 Å². The average Bonchev–Trinajstić information content (AvgIpc) is 1.56. The first kappa shape index (κ1) is 79.9. The average molecular weight is 1330 g/mol. The zero-order valence-corrected chi connectivity index (χ0v) is 56.1. The Kier molecular flexibility index (Phi) is 33.0. The van der Waals surface area contributed by atoms with Gasteiger partial charge in [-0.25, -0.2) is 0 Å². The first-order chi connectivity index (χ1) is 44.3. The summed E-state index contributed by atoms with van der Waals surface area (Å²) in [5.74, 6) is -0.0584. The molecule has 2 saturated heterocycles. The van der Waals surface area contributed by atoms with E-state index in [2.05, 4.69) is 31.0 Å². The van der Waals surface area contributed by atoms with Crippen LogP contribution >= 0.6 is 0 Å². The Morgan fingerprint density at radius 3 is 1.21 bits per heavy atom. The number of H-pyrrole nitrogens is 2. The summed E-state index contributed by atoms with van der Waals surface area (Å²) in [6.07, 6.45) is -5.62. The number of unbranched alkanes of at least 4 members (excludes halogenated alkanes) is 5. The highest BCUT2D eigenvalue weighted by Gasteiger charge is 2.47. The first-order valence-corrected chi connectivity index (χ1v) is 32.3. The Labute approximate surface area is 550 Å². The lowest BCUT2D eigenvalue weighted by molar-refractivity contribution is -0.278. The number of aliphatic carboxylic acids is 2. The summed E-state index contributed by atoms with van der Waals surface area (Å²) in [7, 11) is 0. The van der Waals surface area contributed by atoms with E-state index >= 15 is 0 Å². The Bertz CT molecular complexity index is 2760. The summed E-state index contributed by atoms with van der Waals surface area (Å²) in [6, 6.07) is 11.7. The summed E-state index contributed by atoms with van der Waals surface area (Å²) < 4.78 is 34.6. The zero-order chi connectivity index (χ0) is 70.0. The molecule has 2 aromatic heterocycles. The number of aliphatic hydroxyl groups is 8. The van der Waals surface area contributed by atoms with Gasteiger partial charge in [0, 0.05) is 61.3 Å². The van der Waals surface area contributed by atoms with Crippen molar-refractivity contribution in [1.82, 2.24) is 31.0 Å². The molecular weight excluding hydrogens is 1220 g/mol. The van der Waals surface area contributed by atoms with Crippen LogP contribution in [-0.4, -0.2) is 209 Å². The lowest BCUT2D eigenvalue weighted by atomic mass is 9.93. The number of aromatic amines is 2. The molecule has 530 valence electrons. The van der Waals surface area contributed by atoms with Gasteiger partial charge in [0.15, 0.2) is 0 Å². The van der Waals surface area contributed by atoms with E-state index in [0.717, 1.165) is 108 Å². The predicted molar refractivity (Wildman–Crippen MR) is 346 cm³/mol. The molecule has 0 radical (unpaired) electrons. The molecule has 0 saturated carbocycles. The van der Waals surface area contributed by atoms with Crippen LogP contribution in [0.3, 0.4) is 0 Å². The van der Waals surface area contributed by atoms with Gasteiger partial charge in [0.25, 0.3) is 0 Å². The number of primary amides is 2. The van der Waals surface area contributed by atoms with Gasteiger partial charge in [-0.15, -0.1) is 10.2 Å². The van der Waals surface area contributed by atoms with Crippen LogP contribution in [0.25, 0.3) is 0 Å². The van der Waals surface area contributed by atoms with Crippen LogP contribution in [-0.2, 0) is 41.5 Å². The summed E-state index contributed by atoms with van der Waals surface area (Å²) >= 11 is 0. The molecule has 0 spiro atoms. The maximum atomic E-state index is 11.4. The van der Waals surface area contributed by atoms with E-state index in [4.69, 9.17) is 50.1 Å². The minimum absolute atomic E-state index is 0.0970. The molecule has 2 fully saturated rings. The van der Waals surface area contributed by atoms with Gasteiger partial charge < -0.3 is 102 Å². The van der Waals surface area contributed by atoms with E-state index in [9.17, 15) is 60.0 Å². The van der Waals surface area contributed by atoms with Crippen LogP contribution in [0.2, 0.25) is 0 Å². The van der Waals surface area contributed by atoms with Gasteiger partial charge in [-0.1, -0.05) is 65.5 Å². The number of nitrogens with zero attached hydrogens (tertiary/aromatic N) is 2. The van der Waals surface area contributed by atoms with Gasteiger partial charge in [-0.3, -0.25) is 29.4 Å². The Hall–Kier alpha value is -6.54. The van der Waals surface area contributed by atoms with Crippen LogP contribution in [0.15, 0.2) is 36.4 Å². The van der Waals surface area contributed by atoms with E-state index in [1.165, 1.54) is 0 Å². The number of aryl methyl sites for hydroxylation is 2. The number of carboxylic acids is 2. The van der Waals surface area contributed by atoms with Crippen molar-refractivity contribution in [3.63, 3.8) is 0 Å². The highest BCUT2D eigenvalue weighted by atomic mass is 16.7. The molecule has 18 N–H and O–H groups in total. The molecule has 4 aromatic rings. The van der Waals surface area contributed by atoms with E-state index in [-0.39, 0.29) is 48.3 Å². The monoisotopic (exact) mass is 1330 g/mol. The second-order valence-electron chi connectivity index (χ2n) is 26.0. The van der Waals surface area contributed by atoms with Gasteiger partial charge in [-0.2, -0.15) is 0 Å². The zero-order valence-electron chi connectivity index (χ0n) is 56.1. The number of rotatable bonds is 37. The molecule has 2 aliphatic rings. The van der Waals surface area contributed by atoms with Gasteiger partial charge in [0.2, 0.25) is 36.2 Å². The number of carbonyl (C=O) groups is 4. The quantitative estimate of drug-likeness (QED) is 0.0288. The molecule has 0 unspecified atom stereocenters. The molecule has 4 heterocycles.